The van der Waals surface area contributed by atoms with E-state index < -0.39 is 5.97 Å². The van der Waals surface area contributed by atoms with Crippen LogP contribution in [0.5, 0.6) is 0 Å². The maximum atomic E-state index is 12.2. The Morgan fingerprint density at radius 2 is 1.70 bits per heavy atom. The number of anilines is 1. The van der Waals surface area contributed by atoms with Gasteiger partial charge in [0.2, 0.25) is 5.90 Å². The molecule has 0 unspecified atom stereocenters. The molecule has 0 aromatic heterocycles. The molecule has 0 spiro atoms. The summed E-state index contributed by atoms with van der Waals surface area (Å²) in [5.74, 6) is -0.224. The van der Waals surface area contributed by atoms with Gasteiger partial charge in [-0.3, -0.25) is 0 Å². The van der Waals surface area contributed by atoms with E-state index in [-0.39, 0.29) is 11.6 Å². The predicted octanol–water partition coefficient (Wildman–Crippen LogP) is 5.31. The normalized spacial score (nSPS) is 15.0. The summed E-state index contributed by atoms with van der Waals surface area (Å²) in [5.41, 5.74) is 2.98. The molecule has 0 atom stereocenters. The fourth-order valence-electron chi connectivity index (χ4n) is 3.01. The van der Waals surface area contributed by atoms with E-state index in [0.717, 1.165) is 31.5 Å². The Bertz CT molecular complexity index is 866. The van der Waals surface area contributed by atoms with Gasteiger partial charge in [0, 0.05) is 18.8 Å². The van der Waals surface area contributed by atoms with Crippen LogP contribution in [-0.4, -0.2) is 25.0 Å². The first-order valence-corrected chi connectivity index (χ1v) is 9.62. The molecular weight excluding hydrogens is 360 g/mol. The monoisotopic (exact) mass is 382 g/mol. The van der Waals surface area contributed by atoms with E-state index in [1.165, 1.54) is 5.69 Å². The van der Waals surface area contributed by atoms with E-state index in [9.17, 15) is 4.79 Å². The topological polar surface area (TPSA) is 41.9 Å². The number of nitrogens with zero attached hydrogens (tertiary/aromatic N) is 2. The summed E-state index contributed by atoms with van der Waals surface area (Å²) < 4.78 is 5.29. The quantitative estimate of drug-likeness (QED) is 0.481. The molecule has 0 radical (unpaired) electrons. The molecule has 0 saturated heterocycles. The zero-order valence-corrected chi connectivity index (χ0v) is 16.4. The number of halogens is 1. The van der Waals surface area contributed by atoms with Gasteiger partial charge in [-0.25, -0.2) is 9.79 Å². The maximum Gasteiger partial charge on any atom is 0.363 e. The van der Waals surface area contributed by atoms with Crippen LogP contribution in [0.15, 0.2) is 59.2 Å². The highest BCUT2D eigenvalue weighted by Gasteiger charge is 2.25. The molecule has 0 N–H and O–H groups in total. The SMILES string of the molecule is CCCN(CCC)c1ccc(/C=C2\N=C(c3ccccc3Cl)OC2=O)cc1. The lowest BCUT2D eigenvalue weighted by atomic mass is 10.1. The molecule has 1 aliphatic rings. The number of hydrogen-bond acceptors (Lipinski definition) is 4. The number of carbonyl (C=O) groups is 1. The van der Waals surface area contributed by atoms with E-state index in [1.54, 1.807) is 18.2 Å². The van der Waals surface area contributed by atoms with Crippen LogP contribution in [0.25, 0.3) is 6.08 Å². The van der Waals surface area contributed by atoms with Crippen molar-refractivity contribution in [1.29, 1.82) is 0 Å². The van der Waals surface area contributed by atoms with Gasteiger partial charge in [0.25, 0.3) is 0 Å². The maximum absolute atomic E-state index is 12.2. The van der Waals surface area contributed by atoms with E-state index in [0.29, 0.717) is 10.6 Å². The van der Waals surface area contributed by atoms with Crippen LogP contribution in [0.1, 0.15) is 37.8 Å². The van der Waals surface area contributed by atoms with Gasteiger partial charge in [-0.1, -0.05) is 49.7 Å². The van der Waals surface area contributed by atoms with Gasteiger partial charge < -0.3 is 9.64 Å². The molecule has 0 fully saturated rings. The van der Waals surface area contributed by atoms with Crippen LogP contribution >= 0.6 is 11.6 Å². The summed E-state index contributed by atoms with van der Waals surface area (Å²) in [6.45, 7) is 6.43. The second-order valence-electron chi connectivity index (χ2n) is 6.39. The minimum absolute atomic E-state index is 0.241. The molecule has 2 aromatic rings. The molecule has 0 saturated carbocycles. The first-order chi connectivity index (χ1) is 13.1. The van der Waals surface area contributed by atoms with Gasteiger partial charge >= 0.3 is 5.97 Å². The molecule has 0 amide bonds. The summed E-state index contributed by atoms with van der Waals surface area (Å²) in [7, 11) is 0. The average molecular weight is 383 g/mol. The molecule has 1 aliphatic heterocycles. The van der Waals surface area contributed by atoms with Crippen molar-refractivity contribution in [2.75, 3.05) is 18.0 Å². The fourth-order valence-corrected chi connectivity index (χ4v) is 3.22. The van der Waals surface area contributed by atoms with Crippen LogP contribution in [0.3, 0.4) is 0 Å². The summed E-state index contributed by atoms with van der Waals surface area (Å²) in [6.07, 6.45) is 3.95. The molecule has 4 nitrogen and oxygen atoms in total. The second-order valence-corrected chi connectivity index (χ2v) is 6.80. The molecule has 0 bridgehead atoms. The number of esters is 1. The van der Waals surface area contributed by atoms with Crippen molar-refractivity contribution in [2.45, 2.75) is 26.7 Å². The third-order valence-electron chi connectivity index (χ3n) is 4.27. The number of ether oxygens (including phenoxy) is 1. The minimum atomic E-state index is -0.465. The Labute approximate surface area is 165 Å². The van der Waals surface area contributed by atoms with Gasteiger partial charge in [0.05, 0.1) is 10.6 Å². The van der Waals surface area contributed by atoms with Crippen LogP contribution in [0.2, 0.25) is 5.02 Å². The number of benzene rings is 2. The Hall–Kier alpha value is -2.59. The van der Waals surface area contributed by atoms with Gasteiger partial charge in [-0.05, 0) is 48.7 Å². The summed E-state index contributed by atoms with van der Waals surface area (Å²) in [5, 5.41) is 0.501. The van der Waals surface area contributed by atoms with Crippen molar-refractivity contribution >= 4 is 35.2 Å². The van der Waals surface area contributed by atoms with Crippen LogP contribution in [0, 0.1) is 0 Å². The zero-order valence-electron chi connectivity index (χ0n) is 15.6. The second kappa shape index (κ2) is 8.87. The Kier molecular flexibility index (Phi) is 6.30. The van der Waals surface area contributed by atoms with Crippen molar-refractivity contribution in [2.24, 2.45) is 4.99 Å². The van der Waals surface area contributed by atoms with Gasteiger partial charge in [-0.2, -0.15) is 0 Å². The molecule has 5 heteroatoms. The van der Waals surface area contributed by atoms with E-state index in [2.05, 4.69) is 35.9 Å². The molecule has 140 valence electrons. The van der Waals surface area contributed by atoms with Crippen molar-refractivity contribution in [3.05, 3.63) is 70.4 Å². The van der Waals surface area contributed by atoms with Crippen LogP contribution in [0.4, 0.5) is 5.69 Å². The summed E-state index contributed by atoms with van der Waals surface area (Å²) >= 11 is 6.16. The molecule has 0 aliphatic carbocycles. The van der Waals surface area contributed by atoms with Gasteiger partial charge in [0.1, 0.15) is 0 Å². The molecule has 1 heterocycles. The minimum Gasteiger partial charge on any atom is -0.402 e. The molecule has 3 rings (SSSR count). The van der Waals surface area contributed by atoms with Gasteiger partial charge in [-0.15, -0.1) is 0 Å². The standard InChI is InChI=1S/C22H23ClN2O2/c1-3-13-25(14-4-2)17-11-9-16(10-12-17)15-20-22(26)27-21(24-20)18-7-5-6-8-19(18)23/h5-12,15H,3-4,13-14H2,1-2H3/b20-15-. The summed E-state index contributed by atoms with van der Waals surface area (Å²) in [4.78, 5) is 18.9. The van der Waals surface area contributed by atoms with Gasteiger partial charge in [0.15, 0.2) is 5.70 Å². The summed E-state index contributed by atoms with van der Waals surface area (Å²) in [6, 6.07) is 15.3. The number of carbonyl (C=O) groups excluding carboxylic acids is 1. The Balaban J connectivity index is 1.82. The number of cyclic esters (lactones) is 1. The first-order valence-electron chi connectivity index (χ1n) is 9.24. The third-order valence-corrected chi connectivity index (χ3v) is 4.60. The van der Waals surface area contributed by atoms with Crippen molar-refractivity contribution in [3.63, 3.8) is 0 Å². The lowest BCUT2D eigenvalue weighted by Gasteiger charge is -2.23. The van der Waals surface area contributed by atoms with E-state index in [4.69, 9.17) is 16.3 Å². The Morgan fingerprint density at radius 3 is 2.33 bits per heavy atom. The number of aliphatic imine (C=N–C) groups is 1. The lowest BCUT2D eigenvalue weighted by Crippen LogP contribution is -2.24. The van der Waals surface area contributed by atoms with Crippen molar-refractivity contribution < 1.29 is 9.53 Å². The number of hydrogen-bond donors (Lipinski definition) is 0. The average Bonchev–Trinajstić information content (AvgIpc) is 3.03. The fraction of sp³-hybridized carbons (Fsp3) is 0.273. The number of rotatable bonds is 7. The molecule has 2 aromatic carbocycles. The largest absolute Gasteiger partial charge is 0.402 e. The smallest absolute Gasteiger partial charge is 0.363 e. The van der Waals surface area contributed by atoms with Crippen LogP contribution < -0.4 is 4.90 Å². The zero-order chi connectivity index (χ0) is 19.2. The third kappa shape index (κ3) is 4.58. The highest BCUT2D eigenvalue weighted by Crippen LogP contribution is 2.24. The Morgan fingerprint density at radius 1 is 1.04 bits per heavy atom. The van der Waals surface area contributed by atoms with Crippen molar-refractivity contribution in [3.8, 4) is 0 Å². The lowest BCUT2D eigenvalue weighted by molar-refractivity contribution is -0.129. The van der Waals surface area contributed by atoms with E-state index in [1.807, 2.05) is 24.3 Å². The molecular formula is C22H23ClN2O2. The van der Waals surface area contributed by atoms with E-state index >= 15 is 0 Å². The highest BCUT2D eigenvalue weighted by molar-refractivity contribution is 6.34. The highest BCUT2D eigenvalue weighted by atomic mass is 35.5. The molecule has 27 heavy (non-hydrogen) atoms. The predicted molar refractivity (Wildman–Crippen MR) is 111 cm³/mol. The van der Waals surface area contributed by atoms with Crippen molar-refractivity contribution in [1.82, 2.24) is 0 Å². The first kappa shape index (κ1) is 19.2. The van der Waals surface area contributed by atoms with Crippen LogP contribution in [-0.2, 0) is 9.53 Å².